The number of benzene rings is 2. The Morgan fingerprint density at radius 3 is 2.21 bits per heavy atom. The SMILES string of the molecule is Cc1ccc(S(=O)(=O)OCCOc2cccc(C#Cc3cncc(C(CC(=O)OC(C)(C)C)CC(=O)[C@@H]4CCCN(C(=O)CCC5CCN(C(=O)OC(C)(C)C)CC5)C4)c3)c2)cc1. The van der Waals surface area contributed by atoms with E-state index < -0.39 is 33.2 Å². The molecule has 0 N–H and O–H groups in total. The van der Waals surface area contributed by atoms with Gasteiger partial charge in [-0.3, -0.25) is 23.6 Å². The van der Waals surface area contributed by atoms with Crippen LogP contribution in [0, 0.1) is 30.6 Å². The third-order valence-corrected chi connectivity index (χ3v) is 12.2. The second-order valence-electron chi connectivity index (χ2n) is 18.5. The molecule has 3 heterocycles. The molecule has 2 amide bonds. The summed E-state index contributed by atoms with van der Waals surface area (Å²) in [7, 11) is -3.91. The molecule has 0 bridgehead atoms. The summed E-state index contributed by atoms with van der Waals surface area (Å²) in [6.07, 6.45) is 7.17. The highest BCUT2D eigenvalue weighted by atomic mass is 32.2. The van der Waals surface area contributed by atoms with Crippen molar-refractivity contribution in [2.24, 2.45) is 11.8 Å². The summed E-state index contributed by atoms with van der Waals surface area (Å²) in [4.78, 5) is 61.2. The van der Waals surface area contributed by atoms with Crippen molar-refractivity contribution in [2.45, 2.75) is 122 Å². The third-order valence-electron chi connectivity index (χ3n) is 10.9. The smallest absolute Gasteiger partial charge is 0.410 e. The lowest BCUT2D eigenvalue weighted by atomic mass is 9.84. The van der Waals surface area contributed by atoms with E-state index in [2.05, 4.69) is 16.8 Å². The van der Waals surface area contributed by atoms with Gasteiger partial charge < -0.3 is 24.0 Å². The Labute approximate surface area is 373 Å². The van der Waals surface area contributed by atoms with Gasteiger partial charge in [0.1, 0.15) is 35.9 Å². The fourth-order valence-corrected chi connectivity index (χ4v) is 8.51. The number of likely N-dealkylation sites (tertiary alicyclic amines) is 2. The fraction of sp³-hybridized carbons (Fsp3) is 0.531. The maximum absolute atomic E-state index is 14.0. The standard InChI is InChI=1S/C49H63N3O10S/c1-35-13-18-43(19-14-35)63(57,58)60-27-26-59-42-12-8-10-37(29-42)15-16-38-28-41(33-50-32-38)40(31-46(55)61-48(2,3)4)30-44(53)39-11-9-23-52(34-39)45(54)20-17-36-21-24-51(25-22-36)47(56)62-49(5,6)7/h8,10,12-14,18-19,28-29,32-33,36,39-40H,9,11,17,20-27,30-31,34H2,1-7H3/t39-,40?/m1/s1. The Bertz CT molecular complexity index is 2230. The molecule has 0 spiro atoms. The summed E-state index contributed by atoms with van der Waals surface area (Å²) in [6, 6.07) is 15.3. The third kappa shape index (κ3) is 16.1. The number of ether oxygens (including phenoxy) is 3. The van der Waals surface area contributed by atoms with E-state index in [1.165, 1.54) is 12.1 Å². The van der Waals surface area contributed by atoms with Crippen molar-refractivity contribution < 1.29 is 46.0 Å². The minimum Gasteiger partial charge on any atom is -0.491 e. The number of aromatic nitrogens is 1. The van der Waals surface area contributed by atoms with Gasteiger partial charge in [0.2, 0.25) is 5.91 Å². The molecule has 2 saturated heterocycles. The van der Waals surface area contributed by atoms with Crippen LogP contribution in [-0.4, -0.2) is 97.5 Å². The van der Waals surface area contributed by atoms with Gasteiger partial charge in [0.05, 0.1) is 11.3 Å². The number of carbonyl (C=O) groups excluding carboxylic acids is 4. The van der Waals surface area contributed by atoms with Crippen molar-refractivity contribution in [1.82, 2.24) is 14.8 Å². The number of aryl methyl sites for hydroxylation is 1. The van der Waals surface area contributed by atoms with Gasteiger partial charge >= 0.3 is 12.1 Å². The van der Waals surface area contributed by atoms with E-state index in [4.69, 9.17) is 18.4 Å². The lowest BCUT2D eigenvalue weighted by Gasteiger charge is -2.35. The monoisotopic (exact) mass is 885 g/mol. The zero-order valence-corrected chi connectivity index (χ0v) is 38.6. The van der Waals surface area contributed by atoms with Gasteiger partial charge in [-0.25, -0.2) is 4.79 Å². The highest BCUT2D eigenvalue weighted by Gasteiger charge is 2.33. The number of rotatable bonds is 15. The van der Waals surface area contributed by atoms with Crippen molar-refractivity contribution in [3.05, 3.63) is 89.2 Å². The molecule has 63 heavy (non-hydrogen) atoms. The van der Waals surface area contributed by atoms with Crippen molar-refractivity contribution in [2.75, 3.05) is 39.4 Å². The second-order valence-corrected chi connectivity index (χ2v) is 20.1. The Hall–Kier alpha value is -5.26. The van der Waals surface area contributed by atoms with Crippen molar-refractivity contribution in [3.63, 3.8) is 0 Å². The molecule has 2 aromatic carbocycles. The quantitative estimate of drug-likeness (QED) is 0.0630. The van der Waals surface area contributed by atoms with Gasteiger partial charge in [0.15, 0.2) is 0 Å². The van der Waals surface area contributed by atoms with E-state index in [1.54, 1.807) is 68.4 Å². The first-order valence-corrected chi connectivity index (χ1v) is 23.3. The molecular formula is C49H63N3O10S. The molecule has 14 heteroatoms. The first-order chi connectivity index (χ1) is 29.7. The molecular weight excluding hydrogens is 823 g/mol. The summed E-state index contributed by atoms with van der Waals surface area (Å²) >= 11 is 0. The molecule has 0 saturated carbocycles. The number of ketones is 1. The number of piperidine rings is 2. The van der Waals surface area contributed by atoms with Crippen LogP contribution in [0.1, 0.15) is 121 Å². The largest absolute Gasteiger partial charge is 0.491 e. The number of hydrogen-bond donors (Lipinski definition) is 0. The second kappa shape index (κ2) is 21.9. The van der Waals surface area contributed by atoms with E-state index in [1.807, 2.05) is 44.7 Å². The molecule has 0 radical (unpaired) electrons. The molecule has 2 aliphatic heterocycles. The molecule has 1 unspecified atom stereocenters. The van der Waals surface area contributed by atoms with Crippen molar-refractivity contribution in [3.8, 4) is 17.6 Å². The summed E-state index contributed by atoms with van der Waals surface area (Å²) in [6.45, 7) is 14.8. The zero-order valence-electron chi connectivity index (χ0n) is 37.8. The fourth-order valence-electron chi connectivity index (χ4n) is 7.62. The molecule has 1 aromatic heterocycles. The molecule has 5 rings (SSSR count). The maximum atomic E-state index is 14.0. The van der Waals surface area contributed by atoms with Gasteiger partial charge in [-0.2, -0.15) is 8.42 Å². The van der Waals surface area contributed by atoms with Crippen LogP contribution in [0.15, 0.2) is 71.9 Å². The van der Waals surface area contributed by atoms with Gasteiger partial charge in [-0.05, 0) is 128 Å². The number of carbonyl (C=O) groups is 4. The average Bonchev–Trinajstić information content (AvgIpc) is 3.22. The molecule has 2 atom stereocenters. The molecule has 2 aliphatic rings. The summed E-state index contributed by atoms with van der Waals surface area (Å²) in [5.41, 5.74) is 1.60. The lowest BCUT2D eigenvalue weighted by molar-refractivity contribution is -0.155. The first kappa shape index (κ1) is 48.8. The predicted molar refractivity (Wildman–Crippen MR) is 238 cm³/mol. The normalized spacial score (nSPS) is 16.7. The molecule has 0 aliphatic carbocycles. The number of pyridine rings is 1. The van der Waals surface area contributed by atoms with Gasteiger partial charge in [-0.1, -0.05) is 35.6 Å². The number of Topliss-reactive ketones (excluding diaryl/α,β-unsaturated/α-hetero) is 1. The van der Waals surface area contributed by atoms with E-state index in [-0.39, 0.29) is 54.7 Å². The summed E-state index contributed by atoms with van der Waals surface area (Å²) in [5.74, 6) is 5.81. The number of hydrogen-bond acceptors (Lipinski definition) is 11. The number of esters is 1. The number of nitrogens with zero attached hydrogens (tertiary/aromatic N) is 3. The summed E-state index contributed by atoms with van der Waals surface area (Å²) < 4.78 is 47.1. The van der Waals surface area contributed by atoms with Crippen LogP contribution in [0.4, 0.5) is 4.79 Å². The van der Waals surface area contributed by atoms with Crippen LogP contribution in [0.5, 0.6) is 5.75 Å². The lowest BCUT2D eigenvalue weighted by Crippen LogP contribution is -2.43. The Morgan fingerprint density at radius 2 is 1.51 bits per heavy atom. The maximum Gasteiger partial charge on any atom is 0.410 e. The van der Waals surface area contributed by atoms with Gasteiger partial charge in [-0.15, -0.1) is 0 Å². The van der Waals surface area contributed by atoms with E-state index >= 15 is 0 Å². The Kier molecular flexibility index (Phi) is 16.9. The van der Waals surface area contributed by atoms with E-state index in [0.29, 0.717) is 67.4 Å². The van der Waals surface area contributed by atoms with Crippen LogP contribution < -0.4 is 4.74 Å². The molecule has 3 aromatic rings. The van der Waals surface area contributed by atoms with Crippen molar-refractivity contribution in [1.29, 1.82) is 0 Å². The highest BCUT2D eigenvalue weighted by molar-refractivity contribution is 7.86. The summed E-state index contributed by atoms with van der Waals surface area (Å²) in [5, 5.41) is 0. The van der Waals surface area contributed by atoms with Gasteiger partial charge in [0.25, 0.3) is 10.1 Å². The van der Waals surface area contributed by atoms with Crippen molar-refractivity contribution >= 4 is 33.9 Å². The first-order valence-electron chi connectivity index (χ1n) is 21.9. The van der Waals surface area contributed by atoms with Gasteiger partial charge in [0, 0.05) is 74.4 Å². The topological polar surface area (TPSA) is 159 Å². The molecule has 13 nitrogen and oxygen atoms in total. The van der Waals surface area contributed by atoms with Crippen LogP contribution in [0.25, 0.3) is 0 Å². The van der Waals surface area contributed by atoms with E-state index in [9.17, 15) is 27.6 Å². The average molecular weight is 886 g/mol. The minimum absolute atomic E-state index is 0.000268. The highest BCUT2D eigenvalue weighted by Crippen LogP contribution is 2.31. The number of amides is 2. The predicted octanol–water partition coefficient (Wildman–Crippen LogP) is 8.01. The van der Waals surface area contributed by atoms with E-state index in [0.717, 1.165) is 31.2 Å². The molecule has 2 fully saturated rings. The Balaban J connectivity index is 1.17. The van der Waals surface area contributed by atoms with Crippen LogP contribution in [-0.2, 0) is 38.2 Å². The Morgan fingerprint density at radius 1 is 0.810 bits per heavy atom. The minimum atomic E-state index is -3.91. The van der Waals surface area contributed by atoms with Crippen LogP contribution in [0.3, 0.4) is 0 Å². The van der Waals surface area contributed by atoms with Crippen LogP contribution >= 0.6 is 0 Å². The molecule has 340 valence electrons. The zero-order chi connectivity index (χ0) is 45.8. The van der Waals surface area contributed by atoms with Crippen LogP contribution in [0.2, 0.25) is 0 Å².